The Morgan fingerprint density at radius 2 is 1.50 bits per heavy atom. The van der Waals surface area contributed by atoms with E-state index in [0.717, 1.165) is 16.7 Å². The van der Waals surface area contributed by atoms with Gasteiger partial charge in [0.25, 0.3) is 0 Å². The number of allylic oxidation sites excluding steroid dienone is 2. The third-order valence-corrected chi connectivity index (χ3v) is 5.66. The van der Waals surface area contributed by atoms with Crippen LogP contribution < -0.4 is 0 Å². The number of benzene rings is 2. The molecule has 2 aromatic carbocycles. The first-order valence-electron chi connectivity index (χ1n) is 7.54. The molecule has 4 atom stereocenters. The average Bonchev–Trinajstić information content (AvgIpc) is 3.06. The van der Waals surface area contributed by atoms with Crippen molar-refractivity contribution in [3.8, 4) is 12.1 Å². The molecule has 22 heavy (non-hydrogen) atoms. The number of hydrogen-bond donors (Lipinski definition) is 0. The average molecular weight is 280 g/mol. The van der Waals surface area contributed by atoms with Crippen molar-refractivity contribution in [2.24, 2.45) is 11.3 Å². The van der Waals surface area contributed by atoms with E-state index in [2.05, 4.69) is 36.4 Å². The maximum Gasteiger partial charge on any atom is 0.0957 e. The molecule has 3 aliphatic rings. The van der Waals surface area contributed by atoms with Gasteiger partial charge in [0.15, 0.2) is 0 Å². The van der Waals surface area contributed by atoms with Crippen molar-refractivity contribution >= 4 is 5.57 Å². The molecular weight excluding hydrogens is 268 g/mol. The number of fused-ring (bicyclic) bond motifs is 4. The Morgan fingerprint density at radius 3 is 2.18 bits per heavy atom. The van der Waals surface area contributed by atoms with Crippen molar-refractivity contribution in [2.45, 2.75) is 11.8 Å². The smallest absolute Gasteiger partial charge is 0.0957 e. The summed E-state index contributed by atoms with van der Waals surface area (Å²) in [5, 5.41) is 19.7. The highest BCUT2D eigenvalue weighted by Crippen LogP contribution is 2.84. The predicted octanol–water partition coefficient (Wildman–Crippen LogP) is 4.00. The van der Waals surface area contributed by atoms with Crippen LogP contribution in [0.4, 0.5) is 0 Å². The summed E-state index contributed by atoms with van der Waals surface area (Å²) in [6.07, 6.45) is 0. The molecule has 0 spiro atoms. The fourth-order valence-electron chi connectivity index (χ4n) is 4.92. The molecule has 2 aromatic rings. The SMILES string of the molecule is N#CC1=C(c2ccccc2)C2C3c4ccccc4[C@@H]1[C@@]23C#N. The first kappa shape index (κ1) is 11.8. The lowest BCUT2D eigenvalue weighted by Crippen LogP contribution is -2.09. The highest BCUT2D eigenvalue weighted by atomic mass is 14.8. The Hall–Kier alpha value is -2.84. The molecule has 3 aliphatic carbocycles. The van der Waals surface area contributed by atoms with Crippen LogP contribution in [0.1, 0.15) is 28.5 Å². The van der Waals surface area contributed by atoms with Gasteiger partial charge in [-0.05, 0) is 22.3 Å². The van der Waals surface area contributed by atoms with Gasteiger partial charge in [0.05, 0.1) is 17.6 Å². The van der Waals surface area contributed by atoms with Crippen LogP contribution in [-0.2, 0) is 0 Å². The Balaban J connectivity index is 1.80. The van der Waals surface area contributed by atoms with Crippen molar-refractivity contribution in [1.29, 1.82) is 10.5 Å². The van der Waals surface area contributed by atoms with E-state index in [-0.39, 0.29) is 17.8 Å². The highest BCUT2D eigenvalue weighted by molar-refractivity contribution is 5.88. The number of nitriles is 2. The van der Waals surface area contributed by atoms with Crippen LogP contribution in [0.15, 0.2) is 60.2 Å². The predicted molar refractivity (Wildman–Crippen MR) is 82.4 cm³/mol. The van der Waals surface area contributed by atoms with E-state index in [1.165, 1.54) is 11.1 Å². The lowest BCUT2D eigenvalue weighted by molar-refractivity contribution is 0.590. The largest absolute Gasteiger partial charge is 0.198 e. The minimum Gasteiger partial charge on any atom is -0.198 e. The van der Waals surface area contributed by atoms with Crippen molar-refractivity contribution in [3.63, 3.8) is 0 Å². The quantitative estimate of drug-likeness (QED) is 0.792. The summed E-state index contributed by atoms with van der Waals surface area (Å²) < 4.78 is 0. The summed E-state index contributed by atoms with van der Waals surface area (Å²) in [6.45, 7) is 0. The Kier molecular flexibility index (Phi) is 1.97. The second-order valence-corrected chi connectivity index (χ2v) is 6.37. The van der Waals surface area contributed by atoms with Gasteiger partial charge in [-0.2, -0.15) is 10.5 Å². The van der Waals surface area contributed by atoms with Crippen LogP contribution in [0.3, 0.4) is 0 Å². The third-order valence-electron chi connectivity index (χ3n) is 5.66. The summed E-state index contributed by atoms with van der Waals surface area (Å²) >= 11 is 0. The molecule has 0 bridgehead atoms. The number of rotatable bonds is 1. The highest BCUT2D eigenvalue weighted by Gasteiger charge is 2.79. The van der Waals surface area contributed by atoms with Gasteiger partial charge >= 0.3 is 0 Å². The van der Waals surface area contributed by atoms with E-state index >= 15 is 0 Å². The molecule has 0 N–H and O–H groups in total. The zero-order chi connectivity index (χ0) is 14.9. The van der Waals surface area contributed by atoms with Crippen LogP contribution in [0.25, 0.3) is 5.57 Å². The Morgan fingerprint density at radius 1 is 0.818 bits per heavy atom. The molecule has 0 aliphatic heterocycles. The van der Waals surface area contributed by atoms with Crippen LogP contribution in [0.2, 0.25) is 0 Å². The van der Waals surface area contributed by atoms with Crippen molar-refractivity contribution in [1.82, 2.24) is 0 Å². The zero-order valence-electron chi connectivity index (χ0n) is 11.8. The molecule has 0 saturated heterocycles. The van der Waals surface area contributed by atoms with Crippen LogP contribution >= 0.6 is 0 Å². The molecule has 0 radical (unpaired) electrons. The van der Waals surface area contributed by atoms with E-state index in [1.54, 1.807) is 0 Å². The fraction of sp³-hybridized carbons (Fsp3) is 0.200. The number of nitrogens with zero attached hydrogens (tertiary/aromatic N) is 2. The van der Waals surface area contributed by atoms with Gasteiger partial charge in [-0.15, -0.1) is 0 Å². The summed E-state index contributed by atoms with van der Waals surface area (Å²) in [7, 11) is 0. The standard InChI is InChI=1S/C20H12N2/c21-10-15-16(12-6-2-1-3-7-12)19-18-14-9-5-4-8-13(14)17(15)20(18,19)11-22/h1-9,17-19H/t17-,18?,19?,20+/m0/s1. The molecule has 1 saturated carbocycles. The fourth-order valence-corrected chi connectivity index (χ4v) is 4.92. The van der Waals surface area contributed by atoms with E-state index in [1.807, 2.05) is 30.3 Å². The van der Waals surface area contributed by atoms with E-state index < -0.39 is 5.41 Å². The normalized spacial score (nSPS) is 32.9. The number of hydrogen-bond acceptors (Lipinski definition) is 2. The molecule has 2 heteroatoms. The van der Waals surface area contributed by atoms with Crippen LogP contribution in [0, 0.1) is 34.0 Å². The molecule has 0 heterocycles. The maximum absolute atomic E-state index is 9.91. The van der Waals surface area contributed by atoms with E-state index in [9.17, 15) is 10.5 Å². The lowest BCUT2D eigenvalue weighted by Gasteiger charge is -2.14. The molecule has 5 rings (SSSR count). The van der Waals surface area contributed by atoms with Gasteiger partial charge in [-0.3, -0.25) is 0 Å². The molecule has 2 unspecified atom stereocenters. The van der Waals surface area contributed by atoms with Gasteiger partial charge in [-0.1, -0.05) is 54.6 Å². The zero-order valence-corrected chi connectivity index (χ0v) is 11.8. The van der Waals surface area contributed by atoms with E-state index in [0.29, 0.717) is 0 Å². The van der Waals surface area contributed by atoms with Gasteiger partial charge in [0.2, 0.25) is 0 Å². The van der Waals surface area contributed by atoms with Crippen molar-refractivity contribution in [3.05, 3.63) is 76.9 Å². The summed E-state index contributed by atoms with van der Waals surface area (Å²) in [4.78, 5) is 0. The summed E-state index contributed by atoms with van der Waals surface area (Å²) in [5.74, 6) is 0.421. The third kappa shape index (κ3) is 1.06. The second kappa shape index (κ2) is 3.67. The maximum atomic E-state index is 9.91. The molecule has 2 nitrogen and oxygen atoms in total. The van der Waals surface area contributed by atoms with Crippen LogP contribution in [0.5, 0.6) is 0 Å². The van der Waals surface area contributed by atoms with Crippen molar-refractivity contribution < 1.29 is 0 Å². The molecule has 102 valence electrons. The molecule has 0 aromatic heterocycles. The van der Waals surface area contributed by atoms with E-state index in [4.69, 9.17) is 0 Å². The Bertz CT molecular complexity index is 926. The second-order valence-electron chi connectivity index (χ2n) is 6.37. The minimum absolute atomic E-state index is 0.0380. The van der Waals surface area contributed by atoms with Gasteiger partial charge in [-0.25, -0.2) is 0 Å². The first-order chi connectivity index (χ1) is 10.8. The van der Waals surface area contributed by atoms with Gasteiger partial charge < -0.3 is 0 Å². The molecular formula is C20H12N2. The monoisotopic (exact) mass is 280 g/mol. The summed E-state index contributed by atoms with van der Waals surface area (Å²) in [6, 6.07) is 23.4. The van der Waals surface area contributed by atoms with Gasteiger partial charge in [0, 0.05) is 23.3 Å². The summed E-state index contributed by atoms with van der Waals surface area (Å²) in [5.41, 5.74) is 5.07. The van der Waals surface area contributed by atoms with Crippen LogP contribution in [-0.4, -0.2) is 0 Å². The Labute approximate surface area is 128 Å². The molecule has 1 fully saturated rings. The lowest BCUT2D eigenvalue weighted by atomic mass is 9.85. The minimum atomic E-state index is -0.403. The topological polar surface area (TPSA) is 47.6 Å². The van der Waals surface area contributed by atoms with Crippen molar-refractivity contribution in [2.75, 3.05) is 0 Å². The molecule has 0 amide bonds. The van der Waals surface area contributed by atoms with Gasteiger partial charge in [0.1, 0.15) is 0 Å². The first-order valence-corrected chi connectivity index (χ1v) is 7.54.